The molecule has 3 heterocycles. The van der Waals surface area contributed by atoms with Crippen LogP contribution in [0.3, 0.4) is 0 Å². The van der Waals surface area contributed by atoms with Crippen LogP contribution in [0.15, 0.2) is 47.0 Å². The van der Waals surface area contributed by atoms with Gasteiger partial charge in [0.15, 0.2) is 0 Å². The number of carbonyl (C=O) groups excluding carboxylic acids is 1. The molecule has 1 saturated heterocycles. The highest BCUT2D eigenvalue weighted by molar-refractivity contribution is 5.97. The lowest BCUT2D eigenvalue weighted by Gasteiger charge is -2.38. The first-order valence-electron chi connectivity index (χ1n) is 13.7. The van der Waals surface area contributed by atoms with Crippen molar-refractivity contribution in [2.75, 3.05) is 12.0 Å². The van der Waals surface area contributed by atoms with Crippen LogP contribution in [-0.2, 0) is 15.1 Å². The topological polar surface area (TPSA) is 97.2 Å². The fraction of sp³-hybridized carbons (Fsp3) is 0.419. The number of anilines is 1. The smallest absolute Gasteiger partial charge is 0.227 e. The molecule has 1 aliphatic heterocycles. The van der Waals surface area contributed by atoms with Crippen molar-refractivity contribution in [2.24, 2.45) is 0 Å². The molecule has 0 radical (unpaired) electrons. The summed E-state index contributed by atoms with van der Waals surface area (Å²) in [5.41, 5.74) is 5.57. The second-order valence-corrected chi connectivity index (χ2v) is 11.0. The predicted molar refractivity (Wildman–Crippen MR) is 148 cm³/mol. The summed E-state index contributed by atoms with van der Waals surface area (Å²) in [7, 11) is 1.79. The summed E-state index contributed by atoms with van der Waals surface area (Å²) in [4.78, 5) is 20.6. The first kappa shape index (κ1) is 25.3. The maximum absolute atomic E-state index is 13.4. The number of fused-ring (bicyclic) bond motifs is 1. The third-order valence-corrected chi connectivity index (χ3v) is 8.66. The number of ether oxygens (including phenoxy) is 1. The Morgan fingerprint density at radius 1 is 1.10 bits per heavy atom. The molecule has 2 aromatic carbocycles. The number of nitriles is 1. The molecule has 0 unspecified atom stereocenters. The van der Waals surface area contributed by atoms with Crippen molar-refractivity contribution < 1.29 is 14.1 Å². The first-order valence-corrected chi connectivity index (χ1v) is 13.7. The lowest BCUT2D eigenvalue weighted by Crippen LogP contribution is -2.43. The number of methoxy groups -OCH3 is 1. The van der Waals surface area contributed by atoms with Crippen LogP contribution in [0.2, 0.25) is 0 Å². The van der Waals surface area contributed by atoms with Crippen LogP contribution in [-0.4, -0.2) is 33.8 Å². The van der Waals surface area contributed by atoms with Gasteiger partial charge in [0.05, 0.1) is 34.5 Å². The van der Waals surface area contributed by atoms with E-state index in [1.165, 1.54) is 0 Å². The number of hydrogen-bond acceptors (Lipinski definition) is 6. The number of hydrogen-bond donors (Lipinski definition) is 0. The van der Waals surface area contributed by atoms with Crippen molar-refractivity contribution in [1.29, 1.82) is 5.26 Å². The third-order valence-electron chi connectivity index (χ3n) is 8.66. The van der Waals surface area contributed by atoms with Gasteiger partial charge in [0.25, 0.3) is 0 Å². The third kappa shape index (κ3) is 4.12. The second-order valence-electron chi connectivity index (χ2n) is 11.0. The Morgan fingerprint density at radius 3 is 2.49 bits per heavy atom. The molecule has 1 amide bonds. The van der Waals surface area contributed by atoms with Gasteiger partial charge < -0.3 is 13.8 Å². The van der Waals surface area contributed by atoms with Gasteiger partial charge in [-0.15, -0.1) is 0 Å². The van der Waals surface area contributed by atoms with Crippen molar-refractivity contribution in [3.8, 4) is 17.2 Å². The molecule has 1 saturated carbocycles. The average Bonchev–Trinajstić information content (AvgIpc) is 3.61. The summed E-state index contributed by atoms with van der Waals surface area (Å²) in [6.07, 6.45) is 5.36. The first-order chi connectivity index (χ1) is 18.8. The quantitative estimate of drug-likeness (QED) is 0.302. The largest absolute Gasteiger partial charge is 0.381 e. The molecule has 2 aliphatic rings. The predicted octanol–water partition coefficient (Wildman–Crippen LogP) is 6.35. The molecule has 200 valence electrons. The fourth-order valence-corrected chi connectivity index (χ4v) is 6.61. The minimum atomic E-state index is -0.633. The normalized spacial score (nSPS) is 23.5. The van der Waals surface area contributed by atoms with Crippen molar-refractivity contribution in [1.82, 2.24) is 14.7 Å². The molecule has 1 atom stereocenters. The Bertz CT molecular complexity index is 1570. The fourth-order valence-electron chi connectivity index (χ4n) is 6.61. The zero-order valence-electron chi connectivity index (χ0n) is 22.9. The molecular formula is C31H33N5O3. The van der Waals surface area contributed by atoms with Crippen molar-refractivity contribution >= 4 is 22.6 Å². The van der Waals surface area contributed by atoms with E-state index in [0.29, 0.717) is 18.4 Å². The van der Waals surface area contributed by atoms with Crippen LogP contribution in [0.4, 0.5) is 5.69 Å². The standard InChI is InChI=1S/C31H33N5O3/c1-19-29(20(2)39-34-19)22-7-14-27-26(17-22)33-30(35(27)23-10-12-25(38-4)13-11-23)31(3)16-15-28(37)36(31)24-8-5-21(18-32)6-9-24/h5-9,14,17,23,25H,10-13,15-16H2,1-4H3/t23?,25?,31-/m1/s1. The number of carbonyl (C=O) groups is 1. The van der Waals surface area contributed by atoms with E-state index in [-0.39, 0.29) is 18.1 Å². The Labute approximate surface area is 228 Å². The number of aryl methyl sites for hydroxylation is 2. The Hall–Kier alpha value is -3.96. The van der Waals surface area contributed by atoms with Crippen LogP contribution < -0.4 is 4.90 Å². The highest BCUT2D eigenvalue weighted by atomic mass is 16.5. The van der Waals surface area contributed by atoms with E-state index in [9.17, 15) is 10.1 Å². The van der Waals surface area contributed by atoms with Crippen LogP contribution in [0, 0.1) is 25.2 Å². The average molecular weight is 524 g/mol. The summed E-state index contributed by atoms with van der Waals surface area (Å²) in [5, 5.41) is 13.4. The van der Waals surface area contributed by atoms with E-state index in [1.807, 2.05) is 30.9 Å². The van der Waals surface area contributed by atoms with Gasteiger partial charge >= 0.3 is 0 Å². The number of amides is 1. The second kappa shape index (κ2) is 9.65. The van der Waals surface area contributed by atoms with E-state index < -0.39 is 5.54 Å². The summed E-state index contributed by atoms with van der Waals surface area (Å²) in [5.74, 6) is 1.76. The highest BCUT2D eigenvalue weighted by Crippen LogP contribution is 2.46. The van der Waals surface area contributed by atoms with Crippen molar-refractivity contribution in [2.45, 2.75) is 77.0 Å². The van der Waals surface area contributed by atoms with E-state index in [2.05, 4.69) is 40.9 Å². The van der Waals surface area contributed by atoms with E-state index in [4.69, 9.17) is 14.2 Å². The Morgan fingerprint density at radius 2 is 1.85 bits per heavy atom. The molecule has 1 aliphatic carbocycles. The van der Waals surface area contributed by atoms with E-state index >= 15 is 0 Å². The van der Waals surface area contributed by atoms with E-state index in [1.54, 1.807) is 19.2 Å². The maximum atomic E-state index is 13.4. The van der Waals surface area contributed by atoms with E-state index in [0.717, 1.165) is 70.8 Å². The molecule has 8 nitrogen and oxygen atoms in total. The molecule has 0 spiro atoms. The molecule has 39 heavy (non-hydrogen) atoms. The number of aromatic nitrogens is 3. The molecule has 0 N–H and O–H groups in total. The van der Waals surface area contributed by atoms with Gasteiger partial charge in [0.1, 0.15) is 17.1 Å². The van der Waals surface area contributed by atoms with Crippen LogP contribution in [0.1, 0.15) is 74.3 Å². The minimum absolute atomic E-state index is 0.0697. The molecule has 6 rings (SSSR count). The number of benzene rings is 2. The Kier molecular flexibility index (Phi) is 6.27. The monoisotopic (exact) mass is 523 g/mol. The molecule has 2 aromatic heterocycles. The highest BCUT2D eigenvalue weighted by Gasteiger charge is 2.48. The zero-order valence-corrected chi connectivity index (χ0v) is 22.9. The van der Waals surface area contributed by atoms with Crippen molar-refractivity contribution in [3.63, 3.8) is 0 Å². The maximum Gasteiger partial charge on any atom is 0.227 e. The summed E-state index contributed by atoms with van der Waals surface area (Å²) < 4.78 is 13.5. The number of imidazole rings is 1. The van der Waals surface area contributed by atoms with Gasteiger partial charge in [-0.2, -0.15) is 5.26 Å². The van der Waals surface area contributed by atoms with Gasteiger partial charge in [-0.1, -0.05) is 11.2 Å². The lowest BCUT2D eigenvalue weighted by molar-refractivity contribution is -0.117. The van der Waals surface area contributed by atoms with Gasteiger partial charge in [-0.25, -0.2) is 4.98 Å². The summed E-state index contributed by atoms with van der Waals surface area (Å²) in [6, 6.07) is 16.1. The van der Waals surface area contributed by atoms with Gasteiger partial charge in [-0.3, -0.25) is 9.69 Å². The van der Waals surface area contributed by atoms with Crippen molar-refractivity contribution in [3.05, 3.63) is 65.3 Å². The van der Waals surface area contributed by atoms with Gasteiger partial charge in [0, 0.05) is 30.8 Å². The van der Waals surface area contributed by atoms with Gasteiger partial charge in [-0.05, 0) is 94.8 Å². The van der Waals surface area contributed by atoms with Gasteiger partial charge in [0.2, 0.25) is 5.91 Å². The lowest BCUT2D eigenvalue weighted by atomic mass is 9.90. The SMILES string of the molecule is COC1CCC(n2c([C@@]3(C)CCC(=O)N3c3ccc(C#N)cc3)nc3cc(-c4c(C)noc4C)ccc32)CC1. The molecule has 0 bridgehead atoms. The summed E-state index contributed by atoms with van der Waals surface area (Å²) in [6.45, 7) is 6.01. The van der Waals surface area contributed by atoms with Crippen LogP contribution in [0.5, 0.6) is 0 Å². The number of nitrogens with zero attached hydrogens (tertiary/aromatic N) is 5. The number of rotatable bonds is 5. The Balaban J connectivity index is 1.52. The molecule has 2 fully saturated rings. The minimum Gasteiger partial charge on any atom is -0.381 e. The van der Waals surface area contributed by atoms with Crippen LogP contribution >= 0.6 is 0 Å². The molecule has 4 aromatic rings. The molecule has 8 heteroatoms. The summed E-state index contributed by atoms with van der Waals surface area (Å²) >= 11 is 0. The van der Waals surface area contributed by atoms with Crippen LogP contribution in [0.25, 0.3) is 22.2 Å². The molecular weight excluding hydrogens is 490 g/mol. The zero-order chi connectivity index (χ0) is 27.3.